The van der Waals surface area contributed by atoms with Crippen LogP contribution in [0, 0.1) is 0 Å². The van der Waals surface area contributed by atoms with Gasteiger partial charge in [0.2, 0.25) is 0 Å². The first-order chi connectivity index (χ1) is 8.79. The van der Waals surface area contributed by atoms with Crippen molar-refractivity contribution in [3.8, 4) is 0 Å². The van der Waals surface area contributed by atoms with E-state index >= 15 is 0 Å². The fourth-order valence-electron chi connectivity index (χ4n) is 1.80. The number of aliphatic hydroxyl groups is 1. The van der Waals surface area contributed by atoms with Crippen LogP contribution in [0.1, 0.15) is 5.56 Å². The number of nitrogens with zero attached hydrogens (tertiary/aromatic N) is 2. The van der Waals surface area contributed by atoms with Crippen LogP contribution in [0.3, 0.4) is 0 Å². The van der Waals surface area contributed by atoms with Gasteiger partial charge in [0.25, 0.3) is 0 Å². The molecule has 0 atom stereocenters. The second kappa shape index (κ2) is 6.52. The Morgan fingerprint density at radius 3 is 2.61 bits per heavy atom. The van der Waals surface area contributed by atoms with Gasteiger partial charge in [0.05, 0.1) is 18.5 Å². The van der Waals surface area contributed by atoms with E-state index in [1.54, 1.807) is 6.20 Å². The van der Waals surface area contributed by atoms with Gasteiger partial charge in [-0.15, -0.1) is 0 Å². The first-order valence-electron chi connectivity index (χ1n) is 5.80. The molecule has 1 N–H and O–H groups in total. The Hall–Kier alpha value is -1.39. The van der Waals surface area contributed by atoms with Gasteiger partial charge in [0, 0.05) is 23.8 Å². The third-order valence-electron chi connectivity index (χ3n) is 2.64. The summed E-state index contributed by atoms with van der Waals surface area (Å²) in [5, 5.41) is 9.17. The van der Waals surface area contributed by atoms with Gasteiger partial charge in [-0.25, -0.2) is 0 Å². The number of anilines is 1. The van der Waals surface area contributed by atoms with Gasteiger partial charge < -0.3 is 10.0 Å². The minimum atomic E-state index is 0.124. The van der Waals surface area contributed by atoms with Crippen LogP contribution in [0.25, 0.3) is 0 Å². The van der Waals surface area contributed by atoms with Gasteiger partial charge in [-0.2, -0.15) is 0 Å². The van der Waals surface area contributed by atoms with Gasteiger partial charge >= 0.3 is 0 Å². The number of hydrogen-bond acceptors (Lipinski definition) is 3. The van der Waals surface area contributed by atoms with Crippen LogP contribution in [0.15, 0.2) is 53.3 Å². The molecular weight excluding hydrogens is 292 g/mol. The second-order valence-electron chi connectivity index (χ2n) is 3.99. The second-order valence-corrected chi connectivity index (χ2v) is 4.91. The predicted octanol–water partition coefficient (Wildman–Crippen LogP) is 2.84. The molecule has 0 aliphatic heterocycles. The minimum absolute atomic E-state index is 0.124. The number of hydrogen-bond donors (Lipinski definition) is 1. The van der Waals surface area contributed by atoms with Gasteiger partial charge in [0.15, 0.2) is 0 Å². The van der Waals surface area contributed by atoms with Gasteiger partial charge in [-0.1, -0.05) is 30.3 Å². The minimum Gasteiger partial charge on any atom is -0.395 e. The smallest absolute Gasteiger partial charge is 0.0606 e. The number of aromatic nitrogens is 1. The third-order valence-corrected chi connectivity index (χ3v) is 3.08. The van der Waals surface area contributed by atoms with E-state index in [0.29, 0.717) is 6.54 Å². The largest absolute Gasteiger partial charge is 0.395 e. The van der Waals surface area contributed by atoms with E-state index in [1.165, 1.54) is 5.56 Å². The lowest BCUT2D eigenvalue weighted by Crippen LogP contribution is -2.26. The van der Waals surface area contributed by atoms with Crippen LogP contribution >= 0.6 is 15.9 Å². The maximum absolute atomic E-state index is 9.17. The van der Waals surface area contributed by atoms with Gasteiger partial charge in [-0.05, 0) is 27.6 Å². The summed E-state index contributed by atoms with van der Waals surface area (Å²) in [5.41, 5.74) is 2.22. The summed E-state index contributed by atoms with van der Waals surface area (Å²) in [4.78, 5) is 6.26. The maximum Gasteiger partial charge on any atom is 0.0606 e. The monoisotopic (exact) mass is 306 g/mol. The van der Waals surface area contributed by atoms with Crippen molar-refractivity contribution >= 4 is 21.6 Å². The molecule has 0 amide bonds. The number of halogens is 1. The van der Waals surface area contributed by atoms with E-state index in [-0.39, 0.29) is 6.61 Å². The summed E-state index contributed by atoms with van der Waals surface area (Å²) in [6.45, 7) is 1.48. The molecule has 3 nitrogen and oxygen atoms in total. The molecule has 2 rings (SSSR count). The molecule has 18 heavy (non-hydrogen) atoms. The number of rotatable bonds is 5. The topological polar surface area (TPSA) is 36.4 Å². The highest BCUT2D eigenvalue weighted by Gasteiger charge is 2.07. The van der Waals surface area contributed by atoms with Crippen molar-refractivity contribution in [2.24, 2.45) is 0 Å². The molecule has 0 radical (unpaired) electrons. The quantitative estimate of drug-likeness (QED) is 0.923. The van der Waals surface area contributed by atoms with E-state index in [1.807, 2.05) is 30.5 Å². The standard InChI is InChI=1S/C14H15BrN2O/c15-13-8-14(10-16-9-13)17(6-7-18)11-12-4-2-1-3-5-12/h1-5,8-10,18H,6-7,11H2. The molecule has 0 aliphatic carbocycles. The summed E-state index contributed by atoms with van der Waals surface area (Å²) >= 11 is 3.42. The molecule has 2 aromatic rings. The lowest BCUT2D eigenvalue weighted by atomic mass is 10.2. The Balaban J connectivity index is 2.18. The normalized spacial score (nSPS) is 10.3. The van der Waals surface area contributed by atoms with Crippen LogP contribution in [0.2, 0.25) is 0 Å². The van der Waals surface area contributed by atoms with E-state index in [9.17, 15) is 5.11 Å². The fraction of sp³-hybridized carbons (Fsp3) is 0.214. The van der Waals surface area contributed by atoms with Crippen LogP contribution < -0.4 is 4.90 Å². The molecule has 0 saturated carbocycles. The molecule has 0 unspecified atom stereocenters. The summed E-state index contributed by atoms with van der Waals surface area (Å²) in [5.74, 6) is 0. The van der Waals surface area contributed by atoms with Crippen molar-refractivity contribution in [3.05, 3.63) is 58.8 Å². The number of aliphatic hydroxyl groups excluding tert-OH is 1. The summed E-state index contributed by atoms with van der Waals surface area (Å²) < 4.78 is 0.941. The van der Waals surface area contributed by atoms with Crippen molar-refractivity contribution in [2.45, 2.75) is 6.54 Å². The zero-order valence-corrected chi connectivity index (χ0v) is 11.5. The van der Waals surface area contributed by atoms with Crippen LogP contribution in [-0.4, -0.2) is 23.2 Å². The summed E-state index contributed by atoms with van der Waals surface area (Å²) in [6, 6.07) is 12.2. The van der Waals surface area contributed by atoms with Crippen molar-refractivity contribution in [3.63, 3.8) is 0 Å². The molecule has 94 valence electrons. The van der Waals surface area contributed by atoms with E-state index in [4.69, 9.17) is 0 Å². The van der Waals surface area contributed by atoms with E-state index < -0.39 is 0 Å². The van der Waals surface area contributed by atoms with E-state index in [2.05, 4.69) is 37.9 Å². The Labute approximate surface area is 115 Å². The molecule has 0 aliphatic rings. The van der Waals surface area contributed by atoms with Crippen LogP contribution in [0.4, 0.5) is 5.69 Å². The van der Waals surface area contributed by atoms with Crippen molar-refractivity contribution in [2.75, 3.05) is 18.1 Å². The highest BCUT2D eigenvalue weighted by Crippen LogP contribution is 2.20. The Kier molecular flexibility index (Phi) is 4.73. The van der Waals surface area contributed by atoms with Crippen molar-refractivity contribution in [1.29, 1.82) is 0 Å². The average Bonchev–Trinajstić information content (AvgIpc) is 2.39. The average molecular weight is 307 g/mol. The number of benzene rings is 1. The Bertz CT molecular complexity index is 490. The molecule has 0 saturated heterocycles. The Morgan fingerprint density at radius 1 is 1.17 bits per heavy atom. The fourth-order valence-corrected chi connectivity index (χ4v) is 2.15. The molecule has 0 spiro atoms. The molecule has 1 aromatic heterocycles. The number of pyridine rings is 1. The summed E-state index contributed by atoms with van der Waals surface area (Å²) in [6.07, 6.45) is 3.56. The zero-order chi connectivity index (χ0) is 12.8. The highest BCUT2D eigenvalue weighted by molar-refractivity contribution is 9.10. The molecule has 0 bridgehead atoms. The van der Waals surface area contributed by atoms with Gasteiger partial charge in [0.1, 0.15) is 0 Å². The molecule has 1 heterocycles. The first-order valence-corrected chi connectivity index (χ1v) is 6.59. The van der Waals surface area contributed by atoms with Crippen LogP contribution in [-0.2, 0) is 6.54 Å². The first kappa shape index (κ1) is 13.1. The van der Waals surface area contributed by atoms with Crippen molar-refractivity contribution < 1.29 is 5.11 Å². The third kappa shape index (κ3) is 3.55. The molecule has 1 aromatic carbocycles. The van der Waals surface area contributed by atoms with E-state index in [0.717, 1.165) is 16.7 Å². The Morgan fingerprint density at radius 2 is 1.94 bits per heavy atom. The molecule has 0 fully saturated rings. The van der Waals surface area contributed by atoms with Gasteiger partial charge in [-0.3, -0.25) is 4.98 Å². The SMILES string of the molecule is OCCN(Cc1ccccc1)c1cncc(Br)c1. The molecule has 4 heteroatoms. The van der Waals surface area contributed by atoms with Crippen molar-refractivity contribution in [1.82, 2.24) is 4.98 Å². The maximum atomic E-state index is 9.17. The summed E-state index contributed by atoms with van der Waals surface area (Å²) in [7, 11) is 0. The molecular formula is C14H15BrN2O. The zero-order valence-electron chi connectivity index (χ0n) is 9.96. The predicted molar refractivity (Wildman–Crippen MR) is 76.5 cm³/mol. The van der Waals surface area contributed by atoms with Crippen LogP contribution in [0.5, 0.6) is 0 Å². The lowest BCUT2D eigenvalue weighted by molar-refractivity contribution is 0.301. The highest BCUT2D eigenvalue weighted by atomic mass is 79.9. The lowest BCUT2D eigenvalue weighted by Gasteiger charge is -2.23.